The van der Waals surface area contributed by atoms with E-state index in [4.69, 9.17) is 23.8 Å². The molecule has 1 saturated heterocycles. The predicted molar refractivity (Wildman–Crippen MR) is 92.8 cm³/mol. The minimum Gasteiger partial charge on any atom is -0.341 e. The molecule has 0 radical (unpaired) electrons. The topological polar surface area (TPSA) is 53.9 Å². The Morgan fingerprint density at radius 2 is 2.17 bits per heavy atom. The van der Waals surface area contributed by atoms with E-state index < -0.39 is 0 Å². The molecule has 1 amide bonds. The Bertz CT molecular complexity index is 752. The standard InChI is InChI=1S/C16H19ClN4OS/c1-11-3-2-8-20(9-11)14(22)10-21-15(18-19-16(21)23)12-4-6-13(17)7-5-12/h4-7,11H,2-3,8-10H2,1H3,(H,19,23). The van der Waals surface area contributed by atoms with Crippen LogP contribution >= 0.6 is 23.8 Å². The average Bonchev–Trinajstić information content (AvgIpc) is 2.89. The lowest BCUT2D eigenvalue weighted by Crippen LogP contribution is -2.40. The van der Waals surface area contributed by atoms with E-state index in [0.717, 1.165) is 25.1 Å². The number of rotatable bonds is 3. The Balaban J connectivity index is 1.83. The minimum absolute atomic E-state index is 0.0873. The molecule has 1 N–H and O–H groups in total. The van der Waals surface area contributed by atoms with Gasteiger partial charge in [0.1, 0.15) is 6.54 Å². The Hall–Kier alpha value is -1.66. The molecule has 122 valence electrons. The number of nitrogens with one attached hydrogen (secondary N) is 1. The van der Waals surface area contributed by atoms with Crippen molar-refractivity contribution in [3.63, 3.8) is 0 Å². The van der Waals surface area contributed by atoms with E-state index >= 15 is 0 Å². The third kappa shape index (κ3) is 3.64. The van der Waals surface area contributed by atoms with Crippen LogP contribution in [-0.4, -0.2) is 38.7 Å². The van der Waals surface area contributed by atoms with E-state index in [-0.39, 0.29) is 12.5 Å². The molecule has 2 heterocycles. The molecule has 23 heavy (non-hydrogen) atoms. The van der Waals surface area contributed by atoms with Gasteiger partial charge in [-0.3, -0.25) is 14.5 Å². The van der Waals surface area contributed by atoms with Crippen LogP contribution in [0.2, 0.25) is 5.02 Å². The zero-order valence-electron chi connectivity index (χ0n) is 13.0. The number of hydrogen-bond donors (Lipinski definition) is 1. The number of halogens is 1. The quantitative estimate of drug-likeness (QED) is 0.862. The second kappa shape index (κ2) is 6.84. The molecule has 2 aromatic rings. The van der Waals surface area contributed by atoms with Gasteiger partial charge in [-0.15, -0.1) is 0 Å². The number of benzene rings is 1. The van der Waals surface area contributed by atoms with Crippen molar-refractivity contribution in [2.45, 2.75) is 26.3 Å². The largest absolute Gasteiger partial charge is 0.341 e. The number of piperidine rings is 1. The molecule has 0 spiro atoms. The van der Waals surface area contributed by atoms with Gasteiger partial charge in [0.25, 0.3) is 0 Å². The Kier molecular flexibility index (Phi) is 4.82. The number of carbonyl (C=O) groups is 1. The van der Waals surface area contributed by atoms with Gasteiger partial charge < -0.3 is 4.90 Å². The molecule has 1 aromatic heterocycles. The van der Waals surface area contributed by atoms with E-state index in [2.05, 4.69) is 17.1 Å². The molecule has 1 aliphatic rings. The van der Waals surface area contributed by atoms with Gasteiger partial charge in [0.2, 0.25) is 5.91 Å². The normalized spacial score (nSPS) is 18.2. The summed E-state index contributed by atoms with van der Waals surface area (Å²) in [5.41, 5.74) is 0.876. The summed E-state index contributed by atoms with van der Waals surface area (Å²) in [6.07, 6.45) is 2.25. The zero-order chi connectivity index (χ0) is 16.4. The number of hydrogen-bond acceptors (Lipinski definition) is 3. The van der Waals surface area contributed by atoms with E-state index in [9.17, 15) is 4.79 Å². The second-order valence-electron chi connectivity index (χ2n) is 6.03. The predicted octanol–water partition coefficient (Wildman–Crippen LogP) is 3.52. The van der Waals surface area contributed by atoms with Gasteiger partial charge >= 0.3 is 0 Å². The van der Waals surface area contributed by atoms with Crippen molar-refractivity contribution in [3.05, 3.63) is 34.1 Å². The number of aromatic nitrogens is 3. The maximum absolute atomic E-state index is 12.6. The molecule has 1 aromatic carbocycles. The van der Waals surface area contributed by atoms with Crippen LogP contribution in [0.1, 0.15) is 19.8 Å². The summed E-state index contributed by atoms with van der Waals surface area (Å²) in [4.78, 5) is 14.5. The molecular formula is C16H19ClN4OS. The fourth-order valence-electron chi connectivity index (χ4n) is 2.93. The van der Waals surface area contributed by atoms with Gasteiger partial charge in [-0.2, -0.15) is 5.10 Å². The van der Waals surface area contributed by atoms with Crippen molar-refractivity contribution in [3.8, 4) is 11.4 Å². The third-order valence-electron chi connectivity index (χ3n) is 4.16. The van der Waals surface area contributed by atoms with Gasteiger partial charge in [0.05, 0.1) is 0 Å². The first-order valence-electron chi connectivity index (χ1n) is 7.73. The molecule has 1 atom stereocenters. The Morgan fingerprint density at radius 3 is 2.87 bits per heavy atom. The highest BCUT2D eigenvalue weighted by atomic mass is 35.5. The van der Waals surface area contributed by atoms with E-state index in [1.807, 2.05) is 17.0 Å². The van der Waals surface area contributed by atoms with E-state index in [1.165, 1.54) is 6.42 Å². The molecule has 5 nitrogen and oxygen atoms in total. The molecule has 7 heteroatoms. The molecule has 1 unspecified atom stereocenters. The summed E-state index contributed by atoms with van der Waals surface area (Å²) in [6, 6.07) is 7.34. The zero-order valence-corrected chi connectivity index (χ0v) is 14.5. The highest BCUT2D eigenvalue weighted by Crippen LogP contribution is 2.21. The summed E-state index contributed by atoms with van der Waals surface area (Å²) in [5, 5.41) is 7.70. The molecule has 3 rings (SSSR count). The van der Waals surface area contributed by atoms with E-state index in [0.29, 0.717) is 21.5 Å². The van der Waals surface area contributed by atoms with Gasteiger partial charge in [0, 0.05) is 23.7 Å². The van der Waals surface area contributed by atoms with Crippen LogP contribution in [0.3, 0.4) is 0 Å². The molecular weight excluding hydrogens is 332 g/mol. The smallest absolute Gasteiger partial charge is 0.242 e. The van der Waals surface area contributed by atoms with Crippen molar-refractivity contribution in [1.29, 1.82) is 0 Å². The first-order valence-corrected chi connectivity index (χ1v) is 8.52. The van der Waals surface area contributed by atoms with Gasteiger partial charge in [-0.25, -0.2) is 0 Å². The fraction of sp³-hybridized carbons (Fsp3) is 0.438. The third-order valence-corrected chi connectivity index (χ3v) is 4.73. The summed E-state index contributed by atoms with van der Waals surface area (Å²) >= 11 is 11.2. The summed E-state index contributed by atoms with van der Waals surface area (Å²) in [7, 11) is 0. The van der Waals surface area contributed by atoms with Crippen molar-refractivity contribution in [1.82, 2.24) is 19.7 Å². The van der Waals surface area contributed by atoms with E-state index in [1.54, 1.807) is 16.7 Å². The Morgan fingerprint density at radius 1 is 1.43 bits per heavy atom. The van der Waals surface area contributed by atoms with Crippen LogP contribution in [0.25, 0.3) is 11.4 Å². The van der Waals surface area contributed by atoms with Gasteiger partial charge in [-0.1, -0.05) is 18.5 Å². The number of aromatic amines is 1. The van der Waals surface area contributed by atoms with Crippen molar-refractivity contribution >= 4 is 29.7 Å². The fourth-order valence-corrected chi connectivity index (χ4v) is 3.26. The monoisotopic (exact) mass is 350 g/mol. The van der Waals surface area contributed by atoms with Crippen LogP contribution in [0, 0.1) is 10.7 Å². The lowest BCUT2D eigenvalue weighted by molar-refractivity contribution is -0.133. The summed E-state index contributed by atoms with van der Waals surface area (Å²) in [5.74, 6) is 1.30. The average molecular weight is 351 g/mol. The lowest BCUT2D eigenvalue weighted by Gasteiger charge is -2.31. The first-order chi connectivity index (χ1) is 11.0. The number of carbonyl (C=O) groups excluding carboxylic acids is 1. The number of likely N-dealkylation sites (tertiary alicyclic amines) is 1. The highest BCUT2D eigenvalue weighted by molar-refractivity contribution is 7.71. The number of H-pyrrole nitrogens is 1. The molecule has 1 fully saturated rings. The molecule has 0 bridgehead atoms. The lowest BCUT2D eigenvalue weighted by atomic mass is 10.0. The molecule has 0 saturated carbocycles. The van der Waals surface area contributed by atoms with Crippen molar-refractivity contribution in [2.75, 3.05) is 13.1 Å². The molecule has 0 aliphatic carbocycles. The van der Waals surface area contributed by atoms with Crippen molar-refractivity contribution in [2.24, 2.45) is 5.92 Å². The number of nitrogens with zero attached hydrogens (tertiary/aromatic N) is 3. The van der Waals surface area contributed by atoms with Crippen LogP contribution in [0.5, 0.6) is 0 Å². The maximum Gasteiger partial charge on any atom is 0.242 e. The van der Waals surface area contributed by atoms with Crippen LogP contribution in [0.15, 0.2) is 24.3 Å². The Labute approximate surface area is 145 Å². The van der Waals surface area contributed by atoms with Crippen LogP contribution in [-0.2, 0) is 11.3 Å². The maximum atomic E-state index is 12.6. The van der Waals surface area contributed by atoms with Crippen LogP contribution < -0.4 is 0 Å². The van der Waals surface area contributed by atoms with Crippen molar-refractivity contribution < 1.29 is 4.79 Å². The first kappa shape index (κ1) is 16.2. The van der Waals surface area contributed by atoms with Crippen LogP contribution in [0.4, 0.5) is 0 Å². The SMILES string of the molecule is CC1CCCN(C(=O)Cn2c(-c3ccc(Cl)cc3)n[nH]c2=S)C1. The van der Waals surface area contributed by atoms with Gasteiger partial charge in [0.15, 0.2) is 10.6 Å². The minimum atomic E-state index is 0.0873. The molecule has 1 aliphatic heterocycles. The number of amides is 1. The summed E-state index contributed by atoms with van der Waals surface area (Å²) < 4.78 is 2.20. The highest BCUT2D eigenvalue weighted by Gasteiger charge is 2.22. The van der Waals surface area contributed by atoms with Gasteiger partial charge in [-0.05, 0) is 55.2 Å². The second-order valence-corrected chi connectivity index (χ2v) is 6.86. The summed E-state index contributed by atoms with van der Waals surface area (Å²) in [6.45, 7) is 4.03.